The third kappa shape index (κ3) is 4.13. The lowest BCUT2D eigenvalue weighted by Gasteiger charge is -2.21. The molecule has 0 aliphatic carbocycles. The molecule has 1 aromatic heterocycles. The van der Waals surface area contributed by atoms with Crippen LogP contribution in [0.5, 0.6) is 0 Å². The van der Waals surface area contributed by atoms with Crippen molar-refractivity contribution in [2.24, 2.45) is 18.2 Å². The van der Waals surface area contributed by atoms with Crippen molar-refractivity contribution in [3.63, 3.8) is 0 Å². The Morgan fingerprint density at radius 1 is 1.43 bits per heavy atom. The van der Waals surface area contributed by atoms with Crippen LogP contribution in [0.15, 0.2) is 30.5 Å². The molecule has 0 spiro atoms. The topological polar surface area (TPSA) is 91.5 Å². The minimum Gasteiger partial charge on any atom is -0.356 e. The van der Waals surface area contributed by atoms with Crippen LogP contribution in [0.25, 0.3) is 0 Å². The third-order valence-electron chi connectivity index (χ3n) is 5.71. The number of thiocarbonyl (C=S) groups is 1. The van der Waals surface area contributed by atoms with E-state index in [1.165, 1.54) is 0 Å². The summed E-state index contributed by atoms with van der Waals surface area (Å²) in [4.78, 5) is 17.3. The third-order valence-corrected chi connectivity index (χ3v) is 6.05. The van der Waals surface area contributed by atoms with E-state index in [2.05, 4.69) is 34.5 Å². The molecule has 2 aliphatic heterocycles. The molecule has 1 amide bonds. The molecule has 2 saturated heterocycles. The number of nitrogens with two attached hydrogens (primary N) is 1. The van der Waals surface area contributed by atoms with E-state index < -0.39 is 0 Å². The van der Waals surface area contributed by atoms with Gasteiger partial charge in [0.25, 0.3) is 5.91 Å². The number of anilines is 3. The Labute approximate surface area is 182 Å². The van der Waals surface area contributed by atoms with Crippen LogP contribution in [0, 0.1) is 5.41 Å². The number of carbonyl (C=O) groups excluding carboxylic acids is 1. The molecule has 2 fully saturated rings. The van der Waals surface area contributed by atoms with Gasteiger partial charge in [0.15, 0.2) is 10.9 Å². The van der Waals surface area contributed by atoms with Crippen LogP contribution in [0.3, 0.4) is 0 Å². The minimum absolute atomic E-state index is 0.123. The first kappa shape index (κ1) is 20.6. The molecular weight excluding hydrogens is 398 g/mol. The second kappa shape index (κ2) is 7.88. The fourth-order valence-electron chi connectivity index (χ4n) is 4.06. The zero-order valence-corrected chi connectivity index (χ0v) is 18.5. The van der Waals surface area contributed by atoms with Crippen molar-refractivity contribution in [1.29, 1.82) is 0 Å². The van der Waals surface area contributed by atoms with Gasteiger partial charge in [-0.2, -0.15) is 5.10 Å². The number of carbonyl (C=O) groups is 1. The van der Waals surface area contributed by atoms with Gasteiger partial charge in [0, 0.05) is 44.5 Å². The highest BCUT2D eigenvalue weighted by atomic mass is 32.1. The summed E-state index contributed by atoms with van der Waals surface area (Å²) < 4.78 is 1.74. The average Bonchev–Trinajstić information content (AvgIpc) is 3.38. The van der Waals surface area contributed by atoms with Gasteiger partial charge in [0.2, 0.25) is 0 Å². The van der Waals surface area contributed by atoms with Gasteiger partial charge in [0.05, 0.1) is 12.2 Å². The number of benzene rings is 1. The van der Waals surface area contributed by atoms with Crippen molar-refractivity contribution in [2.45, 2.75) is 26.3 Å². The quantitative estimate of drug-likeness (QED) is 0.628. The van der Waals surface area contributed by atoms with Crippen molar-refractivity contribution in [3.05, 3.63) is 36.0 Å². The van der Waals surface area contributed by atoms with E-state index in [0.29, 0.717) is 23.8 Å². The molecular formula is C21H29N7OS. The molecule has 1 atom stereocenters. The van der Waals surface area contributed by atoms with E-state index in [9.17, 15) is 4.79 Å². The van der Waals surface area contributed by atoms with Crippen molar-refractivity contribution < 1.29 is 4.79 Å². The van der Waals surface area contributed by atoms with Crippen molar-refractivity contribution >= 4 is 40.4 Å². The van der Waals surface area contributed by atoms with E-state index in [0.717, 1.165) is 36.7 Å². The molecule has 4 rings (SSSR count). The summed E-state index contributed by atoms with van der Waals surface area (Å²) in [5.74, 6) is 0.654. The first-order valence-electron chi connectivity index (χ1n) is 10.2. The molecule has 3 heterocycles. The first-order chi connectivity index (χ1) is 14.3. The van der Waals surface area contributed by atoms with Crippen LogP contribution in [-0.4, -0.2) is 53.0 Å². The highest BCUT2D eigenvalue weighted by molar-refractivity contribution is 7.80. The molecule has 4 N–H and O–H groups in total. The normalized spacial score (nSPS) is 20.5. The summed E-state index contributed by atoms with van der Waals surface area (Å²) in [6, 6.07) is 7.61. The molecule has 0 saturated carbocycles. The Morgan fingerprint density at radius 3 is 2.90 bits per heavy atom. The fraction of sp³-hybridized carbons (Fsp3) is 0.476. The maximum Gasteiger partial charge on any atom is 0.255 e. The number of hydrogen-bond acceptors (Lipinski definition) is 5. The molecule has 8 nitrogen and oxygen atoms in total. The Kier molecular flexibility index (Phi) is 5.42. The van der Waals surface area contributed by atoms with E-state index in [1.54, 1.807) is 10.7 Å². The second-order valence-electron chi connectivity index (χ2n) is 8.87. The predicted octanol–water partition coefficient (Wildman–Crippen LogP) is 1.93. The smallest absolute Gasteiger partial charge is 0.255 e. The van der Waals surface area contributed by atoms with Crippen molar-refractivity contribution in [2.75, 3.05) is 41.3 Å². The van der Waals surface area contributed by atoms with Gasteiger partial charge in [-0.15, -0.1) is 0 Å². The minimum atomic E-state index is -0.169. The van der Waals surface area contributed by atoms with Crippen molar-refractivity contribution in [3.8, 4) is 0 Å². The fourth-order valence-corrected chi connectivity index (χ4v) is 4.41. The lowest BCUT2D eigenvalue weighted by Crippen LogP contribution is -2.33. The largest absolute Gasteiger partial charge is 0.356 e. The SMILES string of the molecule is Cn1cc(NC(=O)c2cccc(N3C[C@@H](CN)NC3=S)c2)c(N2CCC(C)(C)C2)n1. The monoisotopic (exact) mass is 427 g/mol. The summed E-state index contributed by atoms with van der Waals surface area (Å²) in [5.41, 5.74) is 8.19. The maximum atomic E-state index is 13.0. The predicted molar refractivity (Wildman–Crippen MR) is 124 cm³/mol. The van der Waals surface area contributed by atoms with Gasteiger partial charge in [0.1, 0.15) is 5.69 Å². The van der Waals surface area contributed by atoms with Gasteiger partial charge in [-0.25, -0.2) is 0 Å². The van der Waals surface area contributed by atoms with Crippen LogP contribution in [0.4, 0.5) is 17.2 Å². The zero-order chi connectivity index (χ0) is 21.5. The summed E-state index contributed by atoms with van der Waals surface area (Å²) in [6.45, 7) is 7.57. The standard InChI is InChI=1S/C21H29N7OS/c1-21(2)7-8-27(13-21)18-17(12-26(3)25-18)24-19(29)14-5-4-6-16(9-14)28-11-15(10-22)23-20(28)30/h4-6,9,12,15H,7-8,10-11,13,22H2,1-3H3,(H,23,30)(H,24,29)/t15-/m1/s1. The first-order valence-corrected chi connectivity index (χ1v) is 10.6. The van der Waals surface area contributed by atoms with E-state index in [1.807, 2.05) is 36.3 Å². The Hall–Kier alpha value is -2.65. The van der Waals surface area contributed by atoms with Gasteiger partial charge in [-0.3, -0.25) is 9.48 Å². The molecule has 0 unspecified atom stereocenters. The Balaban J connectivity index is 1.52. The number of aryl methyl sites for hydroxylation is 1. The number of amides is 1. The summed E-state index contributed by atoms with van der Waals surface area (Å²) >= 11 is 5.42. The van der Waals surface area contributed by atoms with E-state index >= 15 is 0 Å². The van der Waals surface area contributed by atoms with Gasteiger partial charge in [-0.05, 0) is 42.3 Å². The lowest BCUT2D eigenvalue weighted by atomic mass is 9.93. The van der Waals surface area contributed by atoms with Gasteiger partial charge in [-0.1, -0.05) is 19.9 Å². The van der Waals surface area contributed by atoms with Crippen LogP contribution < -0.4 is 26.2 Å². The summed E-state index contributed by atoms with van der Waals surface area (Å²) in [6.07, 6.45) is 2.96. The maximum absolute atomic E-state index is 13.0. The zero-order valence-electron chi connectivity index (χ0n) is 17.7. The highest BCUT2D eigenvalue weighted by Crippen LogP contribution is 2.35. The van der Waals surface area contributed by atoms with Crippen LogP contribution in [0.2, 0.25) is 0 Å². The molecule has 1 aromatic carbocycles. The van der Waals surface area contributed by atoms with Crippen LogP contribution >= 0.6 is 12.2 Å². The van der Waals surface area contributed by atoms with Gasteiger partial charge < -0.3 is 26.2 Å². The average molecular weight is 428 g/mol. The number of hydrogen-bond donors (Lipinski definition) is 3. The van der Waals surface area contributed by atoms with E-state index in [4.69, 9.17) is 18.0 Å². The summed E-state index contributed by atoms with van der Waals surface area (Å²) in [7, 11) is 1.87. The van der Waals surface area contributed by atoms with Crippen LogP contribution in [0.1, 0.15) is 30.6 Å². The number of nitrogens with one attached hydrogen (secondary N) is 2. The molecule has 2 aliphatic rings. The molecule has 9 heteroatoms. The highest BCUT2D eigenvalue weighted by Gasteiger charge is 2.32. The van der Waals surface area contributed by atoms with Crippen molar-refractivity contribution in [1.82, 2.24) is 15.1 Å². The summed E-state index contributed by atoms with van der Waals surface area (Å²) in [5, 5.41) is 11.5. The van der Waals surface area contributed by atoms with Crippen LogP contribution in [-0.2, 0) is 7.05 Å². The Bertz CT molecular complexity index is 970. The molecule has 0 radical (unpaired) electrons. The number of aromatic nitrogens is 2. The number of nitrogens with zero attached hydrogens (tertiary/aromatic N) is 4. The molecule has 2 aromatic rings. The lowest BCUT2D eigenvalue weighted by molar-refractivity contribution is 0.102. The van der Waals surface area contributed by atoms with E-state index in [-0.39, 0.29) is 17.4 Å². The molecule has 30 heavy (non-hydrogen) atoms. The molecule has 160 valence electrons. The van der Waals surface area contributed by atoms with Gasteiger partial charge >= 0.3 is 0 Å². The second-order valence-corrected chi connectivity index (χ2v) is 9.26. The Morgan fingerprint density at radius 2 is 2.23 bits per heavy atom. The number of rotatable bonds is 5. The molecule has 0 bridgehead atoms.